The number of hydrogen-bond donors (Lipinski definition) is 0. The zero-order valence-corrected chi connectivity index (χ0v) is 10.6. The highest BCUT2D eigenvalue weighted by atomic mass is 16.5. The molecule has 0 aliphatic heterocycles. The molecule has 0 amide bonds. The molecule has 0 saturated heterocycles. The molecular formula is C15H11NO3. The van der Waals surface area contributed by atoms with E-state index in [-0.39, 0.29) is 0 Å². The highest BCUT2D eigenvalue weighted by molar-refractivity contribution is 6.05. The molecule has 0 aromatic heterocycles. The van der Waals surface area contributed by atoms with Crippen molar-refractivity contribution >= 4 is 11.8 Å². The summed E-state index contributed by atoms with van der Waals surface area (Å²) in [6.07, 6.45) is 1.52. The van der Waals surface area contributed by atoms with Crippen LogP contribution in [0.25, 0.3) is 22.3 Å². The van der Waals surface area contributed by atoms with E-state index in [0.717, 1.165) is 28.0 Å². The minimum Gasteiger partial charge on any atom is -0.495 e. The first-order valence-corrected chi connectivity index (χ1v) is 5.77. The second-order valence-corrected chi connectivity index (χ2v) is 4.16. The quantitative estimate of drug-likeness (QED) is 0.529. The summed E-state index contributed by atoms with van der Waals surface area (Å²) in [5.41, 5.74) is 4.90. The van der Waals surface area contributed by atoms with Gasteiger partial charge >= 0.3 is 0 Å². The zero-order valence-electron chi connectivity index (χ0n) is 10.6. The van der Waals surface area contributed by atoms with Gasteiger partial charge in [-0.2, -0.15) is 4.99 Å². The molecule has 1 aromatic rings. The van der Waals surface area contributed by atoms with Crippen LogP contribution in [0.5, 0.6) is 11.5 Å². The molecule has 0 fully saturated rings. The van der Waals surface area contributed by atoms with Crippen LogP contribution in [-0.2, 0) is 4.79 Å². The van der Waals surface area contributed by atoms with E-state index >= 15 is 0 Å². The molecule has 4 nitrogen and oxygen atoms in total. The van der Waals surface area contributed by atoms with Crippen LogP contribution in [0.2, 0.25) is 0 Å². The Balaban J connectivity index is 2.06. The van der Waals surface area contributed by atoms with Crippen molar-refractivity contribution in [3.05, 3.63) is 30.3 Å². The molecule has 0 saturated carbocycles. The topological polar surface area (TPSA) is 47.9 Å². The Labute approximate surface area is 110 Å². The van der Waals surface area contributed by atoms with Crippen molar-refractivity contribution in [3.63, 3.8) is 0 Å². The fourth-order valence-corrected chi connectivity index (χ4v) is 2.30. The minimum atomic E-state index is 0.477. The van der Waals surface area contributed by atoms with Gasteiger partial charge in [0.2, 0.25) is 6.08 Å². The highest BCUT2D eigenvalue weighted by Crippen LogP contribution is 2.57. The number of isocyanates is 1. The third-order valence-electron chi connectivity index (χ3n) is 3.23. The van der Waals surface area contributed by atoms with Crippen LogP contribution in [0.1, 0.15) is 0 Å². The van der Waals surface area contributed by atoms with Crippen molar-refractivity contribution in [3.8, 4) is 33.8 Å². The Hall–Kier alpha value is -2.58. The minimum absolute atomic E-state index is 0.477. The number of carbonyl (C=O) groups excluding carboxylic acids is 1. The van der Waals surface area contributed by atoms with E-state index in [1.165, 1.54) is 6.08 Å². The Morgan fingerprint density at radius 1 is 1.05 bits per heavy atom. The molecule has 3 rings (SSSR count). The summed E-state index contributed by atoms with van der Waals surface area (Å²) in [6, 6.07) is 9.59. The molecule has 2 aliphatic rings. The number of fused-ring (bicyclic) bond motifs is 1. The highest BCUT2D eigenvalue weighted by Gasteiger charge is 2.30. The number of hydrogen-bond acceptors (Lipinski definition) is 4. The van der Waals surface area contributed by atoms with Gasteiger partial charge in [-0.25, -0.2) is 4.79 Å². The number of ether oxygens (including phenoxy) is 2. The third-order valence-corrected chi connectivity index (χ3v) is 3.23. The molecule has 0 radical (unpaired) electrons. The molecule has 1 aromatic carbocycles. The predicted octanol–water partition coefficient (Wildman–Crippen LogP) is 3.32. The summed E-state index contributed by atoms with van der Waals surface area (Å²) in [4.78, 5) is 13.9. The average Bonchev–Trinajstić information content (AvgIpc) is 2.97. The standard InChI is InChI=1S/C15H11NO3/c1-18-13-7-9(3-6-12(13)16-8-17)10-4-5-11-14(10)15(11)19-2/h3-7H,1-2H3. The molecule has 0 spiro atoms. The van der Waals surface area contributed by atoms with Crippen LogP contribution >= 0.6 is 0 Å². The SMILES string of the molecule is COc1cc(-c2ccc3c(OC)c2-3)ccc1N=C=O. The monoisotopic (exact) mass is 253 g/mol. The fraction of sp³-hybridized carbons (Fsp3) is 0.133. The van der Waals surface area contributed by atoms with Crippen LogP contribution in [0.15, 0.2) is 35.3 Å². The van der Waals surface area contributed by atoms with Gasteiger partial charge in [-0.3, -0.25) is 0 Å². The summed E-state index contributed by atoms with van der Waals surface area (Å²) in [7, 11) is 3.22. The van der Waals surface area contributed by atoms with Crippen LogP contribution in [-0.4, -0.2) is 20.3 Å². The molecule has 0 atom stereocenters. The predicted molar refractivity (Wildman–Crippen MR) is 71.8 cm³/mol. The number of nitrogens with zero attached hydrogens (tertiary/aromatic N) is 1. The van der Waals surface area contributed by atoms with E-state index in [9.17, 15) is 4.79 Å². The molecule has 4 heteroatoms. The maximum absolute atomic E-state index is 10.3. The van der Waals surface area contributed by atoms with Crippen molar-refractivity contribution in [1.82, 2.24) is 0 Å². The number of aliphatic imine (C=N–C) groups is 1. The van der Waals surface area contributed by atoms with Crippen molar-refractivity contribution < 1.29 is 14.3 Å². The first kappa shape index (κ1) is 11.5. The van der Waals surface area contributed by atoms with E-state index in [0.29, 0.717) is 11.4 Å². The number of benzene rings is 2. The molecule has 94 valence electrons. The van der Waals surface area contributed by atoms with Crippen molar-refractivity contribution in [1.29, 1.82) is 0 Å². The first-order chi connectivity index (χ1) is 9.30. The summed E-state index contributed by atoms with van der Waals surface area (Å²) in [5, 5.41) is 0. The average molecular weight is 253 g/mol. The van der Waals surface area contributed by atoms with E-state index in [1.54, 1.807) is 20.3 Å². The van der Waals surface area contributed by atoms with Crippen LogP contribution < -0.4 is 9.47 Å². The summed E-state index contributed by atoms with van der Waals surface area (Å²) in [5.74, 6) is 1.50. The van der Waals surface area contributed by atoms with Crippen molar-refractivity contribution in [2.75, 3.05) is 14.2 Å². The molecule has 0 heterocycles. The maximum atomic E-state index is 10.3. The largest absolute Gasteiger partial charge is 0.495 e. The van der Waals surface area contributed by atoms with E-state index in [2.05, 4.69) is 4.99 Å². The zero-order chi connectivity index (χ0) is 13.4. The van der Waals surface area contributed by atoms with Crippen LogP contribution in [0, 0.1) is 0 Å². The van der Waals surface area contributed by atoms with Gasteiger partial charge in [0.1, 0.15) is 17.2 Å². The van der Waals surface area contributed by atoms with Gasteiger partial charge in [-0.15, -0.1) is 0 Å². The van der Waals surface area contributed by atoms with Gasteiger partial charge in [0, 0.05) is 11.1 Å². The lowest BCUT2D eigenvalue weighted by atomic mass is 10.1. The van der Waals surface area contributed by atoms with E-state index in [1.807, 2.05) is 24.3 Å². The van der Waals surface area contributed by atoms with Gasteiger partial charge in [0.15, 0.2) is 0 Å². The fourth-order valence-electron chi connectivity index (χ4n) is 2.30. The van der Waals surface area contributed by atoms with E-state index in [4.69, 9.17) is 9.47 Å². The molecular weight excluding hydrogens is 242 g/mol. The molecule has 0 unspecified atom stereocenters. The lowest BCUT2D eigenvalue weighted by Crippen LogP contribution is -1.85. The van der Waals surface area contributed by atoms with Crippen molar-refractivity contribution in [2.24, 2.45) is 4.99 Å². The second-order valence-electron chi connectivity index (χ2n) is 4.16. The Bertz CT molecular complexity index is 716. The van der Waals surface area contributed by atoms with Crippen LogP contribution in [0.3, 0.4) is 0 Å². The summed E-state index contributed by atoms with van der Waals surface area (Å²) in [6.45, 7) is 0. The smallest absolute Gasteiger partial charge is 0.240 e. The van der Waals surface area contributed by atoms with E-state index < -0.39 is 0 Å². The van der Waals surface area contributed by atoms with Crippen molar-refractivity contribution in [2.45, 2.75) is 0 Å². The molecule has 19 heavy (non-hydrogen) atoms. The Kier molecular flexibility index (Phi) is 2.58. The Morgan fingerprint density at radius 2 is 1.84 bits per heavy atom. The lowest BCUT2D eigenvalue weighted by Gasteiger charge is -2.06. The first-order valence-electron chi connectivity index (χ1n) is 5.77. The molecule has 0 N–H and O–H groups in total. The number of methoxy groups -OCH3 is 2. The van der Waals surface area contributed by atoms with Gasteiger partial charge in [0.05, 0.1) is 14.2 Å². The maximum Gasteiger partial charge on any atom is 0.240 e. The third kappa shape index (κ3) is 1.70. The summed E-state index contributed by atoms with van der Waals surface area (Å²) >= 11 is 0. The van der Waals surface area contributed by atoms with Gasteiger partial charge in [-0.05, 0) is 29.3 Å². The molecule has 2 aliphatic carbocycles. The van der Waals surface area contributed by atoms with Gasteiger partial charge < -0.3 is 9.47 Å². The second kappa shape index (κ2) is 4.26. The lowest BCUT2D eigenvalue weighted by molar-refractivity contribution is 0.416. The normalized spacial score (nSPS) is 10.6. The van der Waals surface area contributed by atoms with Gasteiger partial charge in [-0.1, -0.05) is 12.1 Å². The number of rotatable bonds is 4. The Morgan fingerprint density at radius 3 is 2.47 bits per heavy atom. The molecule has 0 bridgehead atoms. The van der Waals surface area contributed by atoms with Crippen LogP contribution in [0.4, 0.5) is 5.69 Å². The summed E-state index contributed by atoms with van der Waals surface area (Å²) < 4.78 is 10.5. The van der Waals surface area contributed by atoms with Gasteiger partial charge in [0.25, 0.3) is 0 Å².